The number of ketones is 1. The Hall–Kier alpha value is -0.570. The van der Waals surface area contributed by atoms with Crippen molar-refractivity contribution in [1.29, 1.82) is 0 Å². The Bertz CT molecular complexity index is 481. The van der Waals surface area contributed by atoms with E-state index in [2.05, 4.69) is 15.9 Å². The van der Waals surface area contributed by atoms with Gasteiger partial charge in [0.2, 0.25) is 0 Å². The molecule has 3 heteroatoms. The lowest BCUT2D eigenvalue weighted by Crippen LogP contribution is -2.46. The summed E-state index contributed by atoms with van der Waals surface area (Å²) in [7, 11) is 0. The van der Waals surface area contributed by atoms with Crippen LogP contribution in [0.2, 0.25) is 0 Å². The third-order valence-electron chi connectivity index (χ3n) is 5.55. The molecular weight excluding hydrogens is 304 g/mol. The lowest BCUT2D eigenvalue weighted by molar-refractivity contribution is -0.0526. The zero-order valence-electron chi connectivity index (χ0n) is 11.0. The Labute approximate surface area is 122 Å². The molecule has 4 aliphatic rings. The quantitative estimate of drug-likeness (QED) is 0.746. The van der Waals surface area contributed by atoms with Gasteiger partial charge in [0.25, 0.3) is 0 Å². The van der Waals surface area contributed by atoms with Crippen LogP contribution < -0.4 is 0 Å². The standard InChI is InChI=1S/C16H19BrO2/c17-15-2-1-14(19-15)13(18)9-16-6-10-3-11(7-16)5-12(4-10)8-16/h1-2,10-12H,3-9H2. The zero-order chi connectivity index (χ0) is 13.0. The minimum absolute atomic E-state index is 0.202. The number of Topliss-reactive ketones (excluding diaryl/α,β-unsaturated/α-hetero) is 1. The summed E-state index contributed by atoms with van der Waals surface area (Å²) in [5, 5.41) is 0. The van der Waals surface area contributed by atoms with Crippen LogP contribution in [0.4, 0.5) is 0 Å². The Morgan fingerprint density at radius 1 is 1.16 bits per heavy atom. The van der Waals surface area contributed by atoms with Gasteiger partial charge in [-0.05, 0) is 89.8 Å². The number of furan rings is 1. The first-order chi connectivity index (χ1) is 9.12. The molecule has 0 atom stereocenters. The number of hydrogen-bond donors (Lipinski definition) is 0. The summed E-state index contributed by atoms with van der Waals surface area (Å²) in [6, 6.07) is 3.61. The zero-order valence-corrected chi connectivity index (χ0v) is 12.6. The Morgan fingerprint density at radius 2 is 1.74 bits per heavy atom. The van der Waals surface area contributed by atoms with Gasteiger partial charge >= 0.3 is 0 Å². The molecule has 0 N–H and O–H groups in total. The van der Waals surface area contributed by atoms with Crippen molar-refractivity contribution >= 4 is 21.7 Å². The van der Waals surface area contributed by atoms with Crippen molar-refractivity contribution in [2.75, 3.05) is 0 Å². The molecule has 5 rings (SSSR count). The first-order valence-corrected chi connectivity index (χ1v) is 8.20. The smallest absolute Gasteiger partial charge is 0.198 e. The molecular formula is C16H19BrO2. The molecule has 2 nitrogen and oxygen atoms in total. The largest absolute Gasteiger partial charge is 0.446 e. The van der Waals surface area contributed by atoms with Crippen molar-refractivity contribution in [2.45, 2.75) is 44.9 Å². The van der Waals surface area contributed by atoms with E-state index in [4.69, 9.17) is 4.42 Å². The average Bonchev–Trinajstić information content (AvgIpc) is 2.73. The van der Waals surface area contributed by atoms with E-state index in [1.54, 1.807) is 6.07 Å². The molecule has 19 heavy (non-hydrogen) atoms. The number of hydrogen-bond acceptors (Lipinski definition) is 2. The molecule has 4 saturated carbocycles. The first-order valence-electron chi connectivity index (χ1n) is 7.40. The van der Waals surface area contributed by atoms with E-state index in [-0.39, 0.29) is 5.78 Å². The second kappa shape index (κ2) is 4.21. The lowest BCUT2D eigenvalue weighted by atomic mass is 9.48. The molecule has 0 aliphatic heterocycles. The van der Waals surface area contributed by atoms with Gasteiger partial charge in [-0.25, -0.2) is 0 Å². The van der Waals surface area contributed by atoms with Crippen LogP contribution >= 0.6 is 15.9 Å². The summed E-state index contributed by atoms with van der Waals surface area (Å²) < 4.78 is 6.08. The van der Waals surface area contributed by atoms with Crippen molar-refractivity contribution in [3.8, 4) is 0 Å². The normalized spacial score (nSPS) is 39.7. The van der Waals surface area contributed by atoms with Gasteiger partial charge in [-0.3, -0.25) is 4.79 Å². The van der Waals surface area contributed by atoms with Crippen LogP contribution in [0.1, 0.15) is 55.5 Å². The van der Waals surface area contributed by atoms with Gasteiger partial charge in [0.15, 0.2) is 16.2 Å². The van der Waals surface area contributed by atoms with E-state index in [1.807, 2.05) is 6.07 Å². The third kappa shape index (κ3) is 2.10. The molecule has 0 amide bonds. The van der Waals surface area contributed by atoms with E-state index in [0.717, 1.165) is 17.8 Å². The van der Waals surface area contributed by atoms with Crippen LogP contribution in [-0.4, -0.2) is 5.78 Å². The molecule has 0 saturated heterocycles. The topological polar surface area (TPSA) is 30.2 Å². The van der Waals surface area contributed by atoms with Crippen LogP contribution in [0.3, 0.4) is 0 Å². The number of rotatable bonds is 3. The van der Waals surface area contributed by atoms with E-state index >= 15 is 0 Å². The third-order valence-corrected chi connectivity index (χ3v) is 5.97. The van der Waals surface area contributed by atoms with E-state index < -0.39 is 0 Å². The fourth-order valence-electron chi connectivity index (χ4n) is 5.40. The van der Waals surface area contributed by atoms with Crippen molar-refractivity contribution in [3.05, 3.63) is 22.6 Å². The summed E-state index contributed by atoms with van der Waals surface area (Å²) in [6.45, 7) is 0. The molecule has 1 aromatic rings. The van der Waals surface area contributed by atoms with Gasteiger partial charge in [0.1, 0.15) is 0 Å². The van der Waals surface area contributed by atoms with E-state index in [1.165, 1.54) is 38.5 Å². The average molecular weight is 323 g/mol. The molecule has 1 heterocycles. The minimum Gasteiger partial charge on any atom is -0.446 e. The number of carbonyl (C=O) groups excluding carboxylic acids is 1. The van der Waals surface area contributed by atoms with E-state index in [0.29, 0.717) is 22.3 Å². The Kier molecular flexibility index (Phi) is 2.70. The van der Waals surface area contributed by atoms with Crippen LogP contribution in [0.15, 0.2) is 21.2 Å². The molecule has 4 bridgehead atoms. The van der Waals surface area contributed by atoms with Gasteiger partial charge in [0, 0.05) is 6.42 Å². The van der Waals surface area contributed by atoms with Crippen molar-refractivity contribution < 1.29 is 9.21 Å². The molecule has 4 fully saturated rings. The van der Waals surface area contributed by atoms with Gasteiger partial charge in [0.05, 0.1) is 0 Å². The minimum atomic E-state index is 0.202. The number of carbonyl (C=O) groups is 1. The van der Waals surface area contributed by atoms with Crippen molar-refractivity contribution in [2.24, 2.45) is 23.2 Å². The monoisotopic (exact) mass is 322 g/mol. The van der Waals surface area contributed by atoms with Crippen LogP contribution in [0, 0.1) is 23.2 Å². The summed E-state index contributed by atoms with van der Waals surface area (Å²) in [5.41, 5.74) is 0.311. The van der Waals surface area contributed by atoms with Gasteiger partial charge in [-0.15, -0.1) is 0 Å². The summed E-state index contributed by atoms with van der Waals surface area (Å²) in [4.78, 5) is 12.4. The highest BCUT2D eigenvalue weighted by atomic mass is 79.9. The fourth-order valence-corrected chi connectivity index (χ4v) is 5.70. The fraction of sp³-hybridized carbons (Fsp3) is 0.688. The predicted octanol–water partition coefficient (Wildman–Crippen LogP) is 4.83. The maximum atomic E-state index is 12.4. The molecule has 0 unspecified atom stereocenters. The number of halogens is 1. The summed E-state index contributed by atoms with van der Waals surface area (Å²) in [6.07, 6.45) is 8.85. The highest BCUT2D eigenvalue weighted by Crippen LogP contribution is 2.61. The summed E-state index contributed by atoms with van der Waals surface area (Å²) >= 11 is 3.27. The molecule has 0 radical (unpaired) electrons. The van der Waals surface area contributed by atoms with Crippen LogP contribution in [-0.2, 0) is 0 Å². The maximum absolute atomic E-state index is 12.4. The predicted molar refractivity (Wildman–Crippen MR) is 76.0 cm³/mol. The second-order valence-corrected chi connectivity index (χ2v) is 7.90. The molecule has 0 aromatic carbocycles. The lowest BCUT2D eigenvalue weighted by Gasteiger charge is -2.56. The van der Waals surface area contributed by atoms with Crippen LogP contribution in [0.5, 0.6) is 0 Å². The van der Waals surface area contributed by atoms with Crippen molar-refractivity contribution in [3.63, 3.8) is 0 Å². The Morgan fingerprint density at radius 3 is 2.21 bits per heavy atom. The first kappa shape index (κ1) is 12.2. The molecule has 4 aliphatic carbocycles. The maximum Gasteiger partial charge on any atom is 0.198 e. The second-order valence-electron chi connectivity index (χ2n) is 7.12. The van der Waals surface area contributed by atoms with Crippen LogP contribution in [0.25, 0.3) is 0 Å². The highest BCUT2D eigenvalue weighted by molar-refractivity contribution is 9.10. The molecule has 102 valence electrons. The van der Waals surface area contributed by atoms with E-state index in [9.17, 15) is 4.79 Å². The Balaban J connectivity index is 1.54. The van der Waals surface area contributed by atoms with Crippen molar-refractivity contribution in [1.82, 2.24) is 0 Å². The summed E-state index contributed by atoms with van der Waals surface area (Å²) in [5.74, 6) is 3.45. The SMILES string of the molecule is O=C(CC12CC3CC(CC(C3)C1)C2)c1ccc(Br)o1. The highest BCUT2D eigenvalue weighted by Gasteiger charge is 2.51. The van der Waals surface area contributed by atoms with Gasteiger partial charge in [-0.1, -0.05) is 0 Å². The van der Waals surface area contributed by atoms with Gasteiger partial charge < -0.3 is 4.42 Å². The van der Waals surface area contributed by atoms with Gasteiger partial charge in [-0.2, -0.15) is 0 Å². The molecule has 0 spiro atoms. The molecule has 1 aromatic heterocycles.